The van der Waals surface area contributed by atoms with Crippen LogP contribution >= 0.6 is 11.3 Å². The Balaban J connectivity index is 1.93. The molecule has 0 atom stereocenters. The lowest BCUT2D eigenvalue weighted by Gasteiger charge is -2.13. The van der Waals surface area contributed by atoms with Crippen molar-refractivity contribution in [2.75, 3.05) is 11.9 Å². The van der Waals surface area contributed by atoms with Crippen LogP contribution in [0.15, 0.2) is 5.38 Å². The molecule has 5 heteroatoms. The second-order valence-electron chi connectivity index (χ2n) is 3.86. The number of carbonyl (C=O) groups is 1. The Labute approximate surface area is 92.6 Å². The number of hydrogen-bond acceptors (Lipinski definition) is 4. The average Bonchev–Trinajstić information content (AvgIpc) is 2.93. The molecule has 0 bridgehead atoms. The molecule has 1 saturated carbocycles. The molecule has 1 aromatic heterocycles. The van der Waals surface area contributed by atoms with Crippen molar-refractivity contribution in [2.24, 2.45) is 0 Å². The molecule has 0 unspecified atom stereocenters. The number of carboxylic acids is 1. The highest BCUT2D eigenvalue weighted by molar-refractivity contribution is 7.13. The molecule has 0 aromatic carbocycles. The summed E-state index contributed by atoms with van der Waals surface area (Å²) in [5.74, 6) is -0.764. The first-order valence-electron chi connectivity index (χ1n) is 5.06. The minimum Gasteiger partial charge on any atom is -0.481 e. The van der Waals surface area contributed by atoms with Gasteiger partial charge in [0, 0.05) is 24.9 Å². The lowest BCUT2D eigenvalue weighted by Crippen LogP contribution is -2.19. The predicted molar refractivity (Wildman–Crippen MR) is 59.5 cm³/mol. The van der Waals surface area contributed by atoms with E-state index in [1.165, 1.54) is 12.8 Å². The Kier molecular flexibility index (Phi) is 2.90. The summed E-state index contributed by atoms with van der Waals surface area (Å²) in [6.07, 6.45) is 3.20. The molecule has 15 heavy (non-hydrogen) atoms. The number of anilines is 1. The van der Waals surface area contributed by atoms with Crippen LogP contribution in [0.25, 0.3) is 0 Å². The predicted octanol–water partition coefficient (Wildman–Crippen LogP) is 1.76. The van der Waals surface area contributed by atoms with Crippen LogP contribution in [0.2, 0.25) is 0 Å². The fourth-order valence-corrected chi connectivity index (χ4v) is 2.32. The summed E-state index contributed by atoms with van der Waals surface area (Å²) < 4.78 is 0. The van der Waals surface area contributed by atoms with Gasteiger partial charge in [-0.1, -0.05) is 0 Å². The maximum Gasteiger partial charge on any atom is 0.303 e. The third-order valence-electron chi connectivity index (χ3n) is 2.53. The van der Waals surface area contributed by atoms with E-state index in [1.54, 1.807) is 11.3 Å². The van der Waals surface area contributed by atoms with E-state index in [1.807, 2.05) is 5.38 Å². The van der Waals surface area contributed by atoms with Crippen molar-refractivity contribution in [2.45, 2.75) is 31.7 Å². The van der Waals surface area contributed by atoms with Gasteiger partial charge in [-0.05, 0) is 12.8 Å². The molecule has 1 aliphatic carbocycles. The molecule has 0 spiro atoms. The van der Waals surface area contributed by atoms with Crippen molar-refractivity contribution in [3.05, 3.63) is 11.1 Å². The van der Waals surface area contributed by atoms with Crippen molar-refractivity contribution in [1.82, 2.24) is 4.98 Å². The second-order valence-corrected chi connectivity index (χ2v) is 4.69. The van der Waals surface area contributed by atoms with Crippen molar-refractivity contribution >= 4 is 22.4 Å². The standard InChI is InChI=1S/C10H14N2O2S/c1-12(8-3-4-8)10-11-7(6-15-10)2-5-9(13)14/h6,8H,2-5H2,1H3,(H,13,14). The zero-order valence-corrected chi connectivity index (χ0v) is 9.46. The number of hydrogen-bond donors (Lipinski definition) is 1. The van der Waals surface area contributed by atoms with Gasteiger partial charge in [0.05, 0.1) is 12.1 Å². The van der Waals surface area contributed by atoms with E-state index in [4.69, 9.17) is 5.11 Å². The van der Waals surface area contributed by atoms with Crippen molar-refractivity contribution in [3.8, 4) is 0 Å². The van der Waals surface area contributed by atoms with Crippen LogP contribution in [-0.2, 0) is 11.2 Å². The van der Waals surface area contributed by atoms with E-state index < -0.39 is 5.97 Å². The Hall–Kier alpha value is -1.10. The molecule has 1 N–H and O–H groups in total. The first kappa shape index (κ1) is 10.4. The SMILES string of the molecule is CN(c1nc(CCC(=O)O)cs1)C1CC1. The summed E-state index contributed by atoms with van der Waals surface area (Å²) in [7, 11) is 2.05. The normalized spacial score (nSPS) is 15.3. The summed E-state index contributed by atoms with van der Waals surface area (Å²) in [6.45, 7) is 0. The number of aliphatic carboxylic acids is 1. The van der Waals surface area contributed by atoms with E-state index in [9.17, 15) is 4.79 Å². The average molecular weight is 226 g/mol. The highest BCUT2D eigenvalue weighted by Gasteiger charge is 2.27. The Morgan fingerprint density at radius 1 is 1.73 bits per heavy atom. The van der Waals surface area contributed by atoms with Gasteiger partial charge in [-0.25, -0.2) is 4.98 Å². The molecule has 2 rings (SSSR count). The fraction of sp³-hybridized carbons (Fsp3) is 0.600. The van der Waals surface area contributed by atoms with Gasteiger partial charge < -0.3 is 10.0 Å². The lowest BCUT2D eigenvalue weighted by molar-refractivity contribution is -0.136. The maximum absolute atomic E-state index is 10.4. The first-order chi connectivity index (χ1) is 7.16. The summed E-state index contributed by atoms with van der Waals surface area (Å²) >= 11 is 1.60. The highest BCUT2D eigenvalue weighted by Crippen LogP contribution is 2.31. The van der Waals surface area contributed by atoms with Crippen molar-refractivity contribution in [3.63, 3.8) is 0 Å². The van der Waals surface area contributed by atoms with Crippen LogP contribution in [0.1, 0.15) is 25.0 Å². The third kappa shape index (κ3) is 2.68. The van der Waals surface area contributed by atoms with Crippen LogP contribution in [0.4, 0.5) is 5.13 Å². The van der Waals surface area contributed by atoms with Crippen molar-refractivity contribution < 1.29 is 9.90 Å². The number of aryl methyl sites for hydroxylation is 1. The van der Waals surface area contributed by atoms with Gasteiger partial charge >= 0.3 is 5.97 Å². The minimum atomic E-state index is -0.764. The maximum atomic E-state index is 10.4. The minimum absolute atomic E-state index is 0.163. The zero-order chi connectivity index (χ0) is 10.8. The van der Waals surface area contributed by atoms with Gasteiger partial charge in [-0.15, -0.1) is 11.3 Å². The van der Waals surface area contributed by atoms with Gasteiger partial charge in [0.25, 0.3) is 0 Å². The number of carboxylic acid groups (broad SMARTS) is 1. The number of rotatable bonds is 5. The number of nitrogens with zero attached hydrogens (tertiary/aromatic N) is 2. The molecule has 1 aliphatic rings. The summed E-state index contributed by atoms with van der Waals surface area (Å²) in [6, 6.07) is 0.656. The molecule has 0 aliphatic heterocycles. The Bertz CT molecular complexity index is 360. The van der Waals surface area contributed by atoms with Gasteiger partial charge in [0.1, 0.15) is 0 Å². The molecular formula is C10H14N2O2S. The molecular weight excluding hydrogens is 212 g/mol. The fourth-order valence-electron chi connectivity index (χ4n) is 1.43. The van der Waals surface area contributed by atoms with Crippen LogP contribution in [0.3, 0.4) is 0 Å². The molecule has 82 valence electrons. The smallest absolute Gasteiger partial charge is 0.303 e. The van der Waals surface area contributed by atoms with Gasteiger partial charge in [0.15, 0.2) is 5.13 Å². The first-order valence-corrected chi connectivity index (χ1v) is 5.94. The summed E-state index contributed by atoms with van der Waals surface area (Å²) in [4.78, 5) is 17.0. The molecule has 0 radical (unpaired) electrons. The number of aromatic nitrogens is 1. The second kappa shape index (κ2) is 4.18. The lowest BCUT2D eigenvalue weighted by atomic mass is 10.2. The molecule has 0 saturated heterocycles. The monoisotopic (exact) mass is 226 g/mol. The van der Waals surface area contributed by atoms with Crippen LogP contribution in [-0.4, -0.2) is 29.1 Å². The topological polar surface area (TPSA) is 53.4 Å². The molecule has 1 aromatic rings. The summed E-state index contributed by atoms with van der Waals surface area (Å²) in [5, 5.41) is 11.5. The van der Waals surface area contributed by atoms with Gasteiger partial charge in [-0.2, -0.15) is 0 Å². The molecule has 1 fully saturated rings. The van der Waals surface area contributed by atoms with E-state index in [-0.39, 0.29) is 6.42 Å². The Morgan fingerprint density at radius 3 is 3.07 bits per heavy atom. The third-order valence-corrected chi connectivity index (χ3v) is 3.51. The highest BCUT2D eigenvalue weighted by atomic mass is 32.1. The van der Waals surface area contributed by atoms with E-state index >= 15 is 0 Å². The van der Waals surface area contributed by atoms with E-state index in [0.29, 0.717) is 12.5 Å². The largest absolute Gasteiger partial charge is 0.481 e. The van der Waals surface area contributed by atoms with Crippen LogP contribution in [0.5, 0.6) is 0 Å². The van der Waals surface area contributed by atoms with E-state index in [2.05, 4.69) is 16.9 Å². The van der Waals surface area contributed by atoms with Crippen LogP contribution < -0.4 is 4.90 Å². The van der Waals surface area contributed by atoms with Gasteiger partial charge in [-0.3, -0.25) is 4.79 Å². The molecule has 4 nitrogen and oxygen atoms in total. The number of thiazole rings is 1. The molecule has 1 heterocycles. The zero-order valence-electron chi connectivity index (χ0n) is 8.64. The summed E-state index contributed by atoms with van der Waals surface area (Å²) in [5.41, 5.74) is 0.893. The van der Waals surface area contributed by atoms with Crippen LogP contribution in [0, 0.1) is 0 Å². The Morgan fingerprint density at radius 2 is 2.47 bits per heavy atom. The molecule has 0 amide bonds. The van der Waals surface area contributed by atoms with E-state index in [0.717, 1.165) is 10.8 Å². The quantitative estimate of drug-likeness (QED) is 0.831. The van der Waals surface area contributed by atoms with Gasteiger partial charge in [0.2, 0.25) is 0 Å². The van der Waals surface area contributed by atoms with Crippen molar-refractivity contribution in [1.29, 1.82) is 0 Å².